The average molecular weight is 224 g/mol. The maximum Gasteiger partial charge on any atom is 0.0794 e. The quantitative estimate of drug-likeness (QED) is 0.850. The Bertz CT molecular complexity index is 269. The van der Waals surface area contributed by atoms with E-state index in [0.29, 0.717) is 0 Å². The van der Waals surface area contributed by atoms with E-state index in [-0.39, 0.29) is 0 Å². The molecular weight excluding hydrogens is 204 g/mol. The van der Waals surface area contributed by atoms with E-state index in [1.807, 2.05) is 11.7 Å². The van der Waals surface area contributed by atoms with E-state index >= 15 is 0 Å². The Balaban J connectivity index is 1.92. The van der Waals surface area contributed by atoms with Gasteiger partial charge in [-0.05, 0) is 31.7 Å². The lowest BCUT2D eigenvalue weighted by Gasteiger charge is -2.31. The topological polar surface area (TPSA) is 24.9 Å². The third kappa shape index (κ3) is 3.02. The summed E-state index contributed by atoms with van der Waals surface area (Å²) in [7, 11) is 0. The van der Waals surface area contributed by atoms with Gasteiger partial charge in [0.25, 0.3) is 0 Å². The minimum absolute atomic E-state index is 0.742. The van der Waals surface area contributed by atoms with Gasteiger partial charge in [0.1, 0.15) is 0 Å². The van der Waals surface area contributed by atoms with E-state index in [1.54, 1.807) is 11.3 Å². The zero-order chi connectivity index (χ0) is 10.5. The van der Waals surface area contributed by atoms with Crippen molar-refractivity contribution in [1.29, 1.82) is 0 Å². The summed E-state index contributed by atoms with van der Waals surface area (Å²) in [5.74, 6) is 0.833. The van der Waals surface area contributed by atoms with Crippen molar-refractivity contribution in [2.24, 2.45) is 5.92 Å². The molecule has 1 heterocycles. The van der Waals surface area contributed by atoms with Gasteiger partial charge in [0.2, 0.25) is 0 Å². The lowest BCUT2D eigenvalue weighted by Crippen LogP contribution is -2.39. The molecule has 1 aliphatic rings. The molecule has 1 aromatic rings. The molecule has 0 spiro atoms. The van der Waals surface area contributed by atoms with Crippen molar-refractivity contribution in [3.8, 4) is 0 Å². The van der Waals surface area contributed by atoms with E-state index in [9.17, 15) is 0 Å². The Morgan fingerprint density at radius 2 is 2.33 bits per heavy atom. The predicted molar refractivity (Wildman–Crippen MR) is 65.2 cm³/mol. The summed E-state index contributed by atoms with van der Waals surface area (Å²) in [6.45, 7) is 3.31. The molecule has 1 aromatic heterocycles. The minimum Gasteiger partial charge on any atom is -0.314 e. The van der Waals surface area contributed by atoms with E-state index in [4.69, 9.17) is 0 Å². The van der Waals surface area contributed by atoms with Crippen LogP contribution in [0.15, 0.2) is 11.7 Å². The van der Waals surface area contributed by atoms with Crippen LogP contribution in [0.1, 0.15) is 37.5 Å². The summed E-state index contributed by atoms with van der Waals surface area (Å²) < 4.78 is 0. The molecule has 15 heavy (non-hydrogen) atoms. The molecule has 0 amide bonds. The largest absolute Gasteiger partial charge is 0.314 e. The summed E-state index contributed by atoms with van der Waals surface area (Å²) in [4.78, 5) is 5.61. The van der Waals surface area contributed by atoms with Crippen molar-refractivity contribution in [3.05, 3.63) is 16.6 Å². The van der Waals surface area contributed by atoms with Gasteiger partial charge in [-0.2, -0.15) is 0 Å². The van der Waals surface area contributed by atoms with Gasteiger partial charge in [0.05, 0.1) is 5.51 Å². The van der Waals surface area contributed by atoms with Crippen LogP contribution < -0.4 is 5.32 Å². The SMILES string of the molecule is CCNC1CCCCC1Cc1cncs1. The first kappa shape index (κ1) is 11.1. The second-order valence-corrected chi connectivity index (χ2v) is 5.35. The number of hydrogen-bond donors (Lipinski definition) is 1. The van der Waals surface area contributed by atoms with Crippen LogP contribution in [-0.2, 0) is 6.42 Å². The highest BCUT2D eigenvalue weighted by molar-refractivity contribution is 7.09. The first-order valence-corrected chi connectivity index (χ1v) is 6.89. The first-order chi connectivity index (χ1) is 7.40. The van der Waals surface area contributed by atoms with E-state index in [0.717, 1.165) is 18.5 Å². The van der Waals surface area contributed by atoms with E-state index in [2.05, 4.69) is 17.2 Å². The van der Waals surface area contributed by atoms with Crippen LogP contribution in [0, 0.1) is 5.92 Å². The van der Waals surface area contributed by atoms with Crippen molar-refractivity contribution in [2.45, 2.75) is 45.1 Å². The van der Waals surface area contributed by atoms with Gasteiger partial charge in [-0.25, -0.2) is 0 Å². The Kier molecular flexibility index (Phi) is 4.15. The Labute approximate surface area is 96.1 Å². The first-order valence-electron chi connectivity index (χ1n) is 6.01. The lowest BCUT2D eigenvalue weighted by molar-refractivity contribution is 0.265. The molecule has 2 nitrogen and oxygen atoms in total. The summed E-state index contributed by atoms with van der Waals surface area (Å²) in [5, 5.41) is 3.63. The standard InChI is InChI=1S/C12H20N2S/c1-2-14-12-6-4-3-5-10(12)7-11-8-13-9-15-11/h8-10,12,14H,2-7H2,1H3. The maximum absolute atomic E-state index is 4.16. The van der Waals surface area contributed by atoms with Crippen LogP contribution in [0.5, 0.6) is 0 Å². The second kappa shape index (κ2) is 5.61. The number of nitrogens with one attached hydrogen (secondary N) is 1. The van der Waals surface area contributed by atoms with Crippen LogP contribution >= 0.6 is 11.3 Å². The normalized spacial score (nSPS) is 26.7. The van der Waals surface area contributed by atoms with Gasteiger partial charge >= 0.3 is 0 Å². The molecule has 2 atom stereocenters. The molecule has 0 aliphatic heterocycles. The molecule has 1 N–H and O–H groups in total. The Morgan fingerprint density at radius 1 is 1.47 bits per heavy atom. The van der Waals surface area contributed by atoms with Gasteiger partial charge in [-0.3, -0.25) is 4.98 Å². The van der Waals surface area contributed by atoms with Gasteiger partial charge in [-0.15, -0.1) is 11.3 Å². The molecule has 0 radical (unpaired) electrons. The second-order valence-electron chi connectivity index (χ2n) is 4.38. The van der Waals surface area contributed by atoms with Gasteiger partial charge < -0.3 is 5.32 Å². The molecule has 1 aliphatic carbocycles. The highest BCUT2D eigenvalue weighted by atomic mass is 32.1. The minimum atomic E-state index is 0.742. The zero-order valence-corrected chi connectivity index (χ0v) is 10.2. The molecule has 1 saturated carbocycles. The average Bonchev–Trinajstić information content (AvgIpc) is 2.74. The number of rotatable bonds is 4. The molecule has 0 saturated heterocycles. The van der Waals surface area contributed by atoms with Crippen molar-refractivity contribution >= 4 is 11.3 Å². The van der Waals surface area contributed by atoms with Crippen molar-refractivity contribution in [1.82, 2.24) is 10.3 Å². The van der Waals surface area contributed by atoms with E-state index in [1.165, 1.54) is 37.0 Å². The molecule has 0 aromatic carbocycles. The molecule has 2 rings (SSSR count). The highest BCUT2D eigenvalue weighted by Crippen LogP contribution is 2.28. The molecule has 1 fully saturated rings. The molecule has 0 bridgehead atoms. The third-order valence-corrected chi connectivity index (χ3v) is 4.12. The predicted octanol–water partition coefficient (Wildman–Crippen LogP) is 2.85. The fourth-order valence-electron chi connectivity index (χ4n) is 2.58. The zero-order valence-electron chi connectivity index (χ0n) is 9.41. The van der Waals surface area contributed by atoms with Gasteiger partial charge in [0, 0.05) is 17.1 Å². The summed E-state index contributed by atoms with van der Waals surface area (Å²) in [6, 6.07) is 0.742. The molecule has 3 heteroatoms. The number of nitrogens with zero attached hydrogens (tertiary/aromatic N) is 1. The Hall–Kier alpha value is -0.410. The van der Waals surface area contributed by atoms with Crippen LogP contribution in [0.4, 0.5) is 0 Å². The number of hydrogen-bond acceptors (Lipinski definition) is 3. The summed E-state index contributed by atoms with van der Waals surface area (Å²) in [5.41, 5.74) is 1.94. The molecule has 2 unspecified atom stereocenters. The fourth-order valence-corrected chi connectivity index (χ4v) is 3.27. The van der Waals surface area contributed by atoms with Crippen LogP contribution in [0.3, 0.4) is 0 Å². The Morgan fingerprint density at radius 3 is 3.07 bits per heavy atom. The maximum atomic E-state index is 4.16. The van der Waals surface area contributed by atoms with Crippen LogP contribution in [0.25, 0.3) is 0 Å². The van der Waals surface area contributed by atoms with Crippen LogP contribution in [-0.4, -0.2) is 17.6 Å². The summed E-state index contributed by atoms with van der Waals surface area (Å²) >= 11 is 1.80. The van der Waals surface area contributed by atoms with Crippen molar-refractivity contribution in [2.75, 3.05) is 6.54 Å². The summed E-state index contributed by atoms with van der Waals surface area (Å²) in [6.07, 6.45) is 8.81. The smallest absolute Gasteiger partial charge is 0.0794 e. The van der Waals surface area contributed by atoms with Crippen LogP contribution in [0.2, 0.25) is 0 Å². The number of aromatic nitrogens is 1. The fraction of sp³-hybridized carbons (Fsp3) is 0.750. The molecule has 84 valence electrons. The monoisotopic (exact) mass is 224 g/mol. The van der Waals surface area contributed by atoms with Gasteiger partial charge in [0.15, 0.2) is 0 Å². The molecular formula is C12H20N2S. The van der Waals surface area contributed by atoms with Gasteiger partial charge in [-0.1, -0.05) is 19.8 Å². The highest BCUT2D eigenvalue weighted by Gasteiger charge is 2.24. The van der Waals surface area contributed by atoms with Crippen molar-refractivity contribution < 1.29 is 0 Å². The third-order valence-electron chi connectivity index (χ3n) is 3.32. The van der Waals surface area contributed by atoms with Crippen molar-refractivity contribution in [3.63, 3.8) is 0 Å². The van der Waals surface area contributed by atoms with E-state index < -0.39 is 0 Å². The number of thiazole rings is 1. The lowest BCUT2D eigenvalue weighted by atomic mass is 9.82.